The van der Waals surface area contributed by atoms with E-state index in [0.29, 0.717) is 40.5 Å². The Morgan fingerprint density at radius 1 is 1.37 bits per heavy atom. The summed E-state index contributed by atoms with van der Waals surface area (Å²) in [6.07, 6.45) is 3.49. The second-order valence-corrected chi connectivity index (χ2v) is 7.23. The Balaban J connectivity index is 0.00000182. The summed E-state index contributed by atoms with van der Waals surface area (Å²) in [4.78, 5) is 16.4. The average molecular weight is 455 g/mol. The summed E-state index contributed by atoms with van der Waals surface area (Å²) in [5.41, 5.74) is 0.733. The van der Waals surface area contributed by atoms with Crippen molar-refractivity contribution in [3.05, 3.63) is 40.3 Å². The van der Waals surface area contributed by atoms with E-state index in [0.717, 1.165) is 25.1 Å². The summed E-state index contributed by atoms with van der Waals surface area (Å²) in [5.74, 6) is 1.60. The van der Waals surface area contributed by atoms with E-state index in [-0.39, 0.29) is 36.8 Å². The number of rotatable bonds is 5. The molecule has 0 radical (unpaired) electrons. The molecule has 9 heteroatoms. The Hall–Kier alpha value is -0.980. The van der Waals surface area contributed by atoms with Gasteiger partial charge < -0.3 is 15.1 Å². The average Bonchev–Trinajstić information content (AvgIpc) is 3.04. The highest BCUT2D eigenvalue weighted by Crippen LogP contribution is 2.30. The number of oxazole rings is 1. The second-order valence-electron chi connectivity index (χ2n) is 6.39. The fourth-order valence-electron chi connectivity index (χ4n) is 2.92. The molecule has 3 rings (SSSR count). The van der Waals surface area contributed by atoms with E-state index < -0.39 is 0 Å². The van der Waals surface area contributed by atoms with Crippen molar-refractivity contribution >= 4 is 53.9 Å². The number of hydrogen-bond acceptors (Lipinski definition) is 4. The second kappa shape index (κ2) is 11.1. The van der Waals surface area contributed by atoms with E-state index >= 15 is 0 Å². The van der Waals surface area contributed by atoms with Gasteiger partial charge in [-0.05, 0) is 37.1 Å². The topological polar surface area (TPSA) is 67.2 Å². The molecule has 2 heterocycles. The lowest BCUT2D eigenvalue weighted by atomic mass is 9.95. The molecule has 1 aliphatic heterocycles. The van der Waals surface area contributed by atoms with Gasteiger partial charge in [0.2, 0.25) is 5.91 Å². The van der Waals surface area contributed by atoms with Crippen LogP contribution in [0.3, 0.4) is 0 Å². The molecular formula is C18H23Cl4N3O2. The highest BCUT2D eigenvalue weighted by Gasteiger charge is 2.22. The molecule has 150 valence electrons. The minimum atomic E-state index is 0. The van der Waals surface area contributed by atoms with Crippen molar-refractivity contribution in [2.45, 2.75) is 32.2 Å². The van der Waals surface area contributed by atoms with Crippen molar-refractivity contribution in [1.82, 2.24) is 15.6 Å². The quantitative estimate of drug-likeness (QED) is 0.695. The van der Waals surface area contributed by atoms with Crippen molar-refractivity contribution < 1.29 is 9.21 Å². The summed E-state index contributed by atoms with van der Waals surface area (Å²) in [7, 11) is 0. The first-order valence-electron chi connectivity index (χ1n) is 8.43. The van der Waals surface area contributed by atoms with Crippen LogP contribution in [-0.2, 0) is 11.2 Å². The lowest BCUT2D eigenvalue weighted by Gasteiger charge is -2.30. The van der Waals surface area contributed by atoms with Crippen LogP contribution in [0.25, 0.3) is 11.3 Å². The number of amides is 1. The van der Waals surface area contributed by atoms with E-state index in [1.807, 2.05) is 0 Å². The smallest absolute Gasteiger partial charge is 0.220 e. The molecule has 27 heavy (non-hydrogen) atoms. The molecule has 2 atom stereocenters. The van der Waals surface area contributed by atoms with Crippen LogP contribution in [0.15, 0.2) is 28.8 Å². The van der Waals surface area contributed by atoms with E-state index in [9.17, 15) is 4.79 Å². The summed E-state index contributed by atoms with van der Waals surface area (Å²) < 4.78 is 5.72. The molecule has 1 aromatic heterocycles. The van der Waals surface area contributed by atoms with Crippen molar-refractivity contribution in [2.75, 3.05) is 13.1 Å². The molecule has 2 aromatic rings. The maximum Gasteiger partial charge on any atom is 0.220 e. The molecule has 2 N–H and O–H groups in total. The Morgan fingerprint density at radius 3 is 2.85 bits per heavy atom. The van der Waals surface area contributed by atoms with Crippen LogP contribution in [0.4, 0.5) is 0 Å². The molecular weight excluding hydrogens is 432 g/mol. The van der Waals surface area contributed by atoms with Crippen LogP contribution >= 0.6 is 48.0 Å². The van der Waals surface area contributed by atoms with Gasteiger partial charge in [-0.25, -0.2) is 4.98 Å². The molecule has 1 saturated heterocycles. The van der Waals surface area contributed by atoms with Gasteiger partial charge in [0.25, 0.3) is 0 Å². The minimum Gasteiger partial charge on any atom is -0.441 e. The number of hydrogen-bond donors (Lipinski definition) is 2. The molecule has 0 bridgehead atoms. The van der Waals surface area contributed by atoms with Gasteiger partial charge >= 0.3 is 0 Å². The third kappa shape index (κ3) is 6.54. The van der Waals surface area contributed by atoms with Crippen molar-refractivity contribution in [3.63, 3.8) is 0 Å². The van der Waals surface area contributed by atoms with Gasteiger partial charge in [0.05, 0.1) is 11.2 Å². The third-order valence-electron chi connectivity index (χ3n) is 4.49. The van der Waals surface area contributed by atoms with Crippen molar-refractivity contribution in [1.29, 1.82) is 0 Å². The van der Waals surface area contributed by atoms with Gasteiger partial charge in [-0.1, -0.05) is 30.1 Å². The zero-order valence-electron chi connectivity index (χ0n) is 14.8. The number of halogens is 4. The first kappa shape index (κ1) is 24.1. The molecule has 1 aromatic carbocycles. The number of nitrogens with one attached hydrogen (secondary N) is 2. The van der Waals surface area contributed by atoms with Crippen molar-refractivity contribution in [2.24, 2.45) is 5.92 Å². The van der Waals surface area contributed by atoms with E-state index in [4.69, 9.17) is 27.6 Å². The maximum absolute atomic E-state index is 12.2. The predicted octanol–water partition coefficient (Wildman–Crippen LogP) is 4.54. The third-order valence-corrected chi connectivity index (χ3v) is 5.04. The lowest BCUT2D eigenvalue weighted by Crippen LogP contribution is -2.50. The monoisotopic (exact) mass is 453 g/mol. The number of nitrogens with zero attached hydrogens (tertiary/aromatic N) is 1. The first-order chi connectivity index (χ1) is 12.0. The molecule has 1 fully saturated rings. The number of carbonyl (C=O) groups excluding carboxylic acids is 1. The Kier molecular flexibility index (Phi) is 9.91. The zero-order chi connectivity index (χ0) is 17.8. The van der Waals surface area contributed by atoms with Crippen LogP contribution in [0, 0.1) is 5.92 Å². The lowest BCUT2D eigenvalue weighted by molar-refractivity contribution is -0.122. The predicted molar refractivity (Wildman–Crippen MR) is 113 cm³/mol. The fraction of sp³-hybridized carbons (Fsp3) is 0.444. The summed E-state index contributed by atoms with van der Waals surface area (Å²) in [6, 6.07) is 5.39. The van der Waals surface area contributed by atoms with Crippen molar-refractivity contribution in [3.8, 4) is 11.3 Å². The van der Waals surface area contributed by atoms with Gasteiger partial charge in [0, 0.05) is 36.0 Å². The molecule has 0 aliphatic carbocycles. The van der Waals surface area contributed by atoms with Crippen LogP contribution in [-0.4, -0.2) is 30.0 Å². The SMILES string of the molecule is CC1CCNCC1NC(=O)CCc1ncc(-c2ccc(Cl)cc2Cl)o1.Cl.Cl. The van der Waals surface area contributed by atoms with Crippen LogP contribution < -0.4 is 10.6 Å². The molecule has 1 amide bonds. The number of aromatic nitrogens is 1. The van der Waals surface area contributed by atoms with Crippen LogP contribution in [0.5, 0.6) is 0 Å². The molecule has 5 nitrogen and oxygen atoms in total. The van der Waals surface area contributed by atoms with E-state index in [2.05, 4.69) is 22.5 Å². The maximum atomic E-state index is 12.2. The van der Waals surface area contributed by atoms with Crippen LogP contribution in [0.2, 0.25) is 10.0 Å². The Bertz CT molecular complexity index is 754. The largest absolute Gasteiger partial charge is 0.441 e. The van der Waals surface area contributed by atoms with Gasteiger partial charge in [-0.2, -0.15) is 0 Å². The summed E-state index contributed by atoms with van der Waals surface area (Å²) in [5, 5.41) is 7.47. The molecule has 2 unspecified atom stereocenters. The number of piperidine rings is 1. The van der Waals surface area contributed by atoms with Gasteiger partial charge in [0.1, 0.15) is 0 Å². The normalized spacial score (nSPS) is 18.9. The van der Waals surface area contributed by atoms with Gasteiger partial charge in [-0.3, -0.25) is 4.79 Å². The highest BCUT2D eigenvalue weighted by atomic mass is 35.5. The number of benzene rings is 1. The summed E-state index contributed by atoms with van der Waals surface area (Å²) in [6.45, 7) is 4.01. The zero-order valence-corrected chi connectivity index (χ0v) is 18.0. The molecule has 0 saturated carbocycles. The number of carbonyl (C=O) groups is 1. The van der Waals surface area contributed by atoms with E-state index in [1.54, 1.807) is 24.4 Å². The molecule has 1 aliphatic rings. The molecule has 0 spiro atoms. The fourth-order valence-corrected chi connectivity index (χ4v) is 3.42. The first-order valence-corrected chi connectivity index (χ1v) is 9.18. The number of aryl methyl sites for hydroxylation is 1. The van der Waals surface area contributed by atoms with Gasteiger partial charge in [0.15, 0.2) is 11.7 Å². The Morgan fingerprint density at radius 2 is 2.15 bits per heavy atom. The van der Waals surface area contributed by atoms with Crippen LogP contribution in [0.1, 0.15) is 25.7 Å². The Labute approximate surface area is 181 Å². The highest BCUT2D eigenvalue weighted by molar-refractivity contribution is 6.36. The van der Waals surface area contributed by atoms with Gasteiger partial charge in [-0.15, -0.1) is 24.8 Å². The minimum absolute atomic E-state index is 0. The summed E-state index contributed by atoms with van der Waals surface area (Å²) >= 11 is 12.1. The van der Waals surface area contributed by atoms with E-state index in [1.165, 1.54) is 0 Å². The standard InChI is InChI=1S/C18H21Cl2N3O2.2ClH/c1-11-6-7-21-9-15(11)23-17(24)4-5-18-22-10-16(25-18)13-3-2-12(19)8-14(13)20;;/h2-3,8,10-11,15,21H,4-7,9H2,1H3,(H,23,24);2*1H.